The molecular weight excluding hydrogens is 267 g/mol. The Bertz CT molecular complexity index is 659. The minimum atomic E-state index is -3.92. The maximum absolute atomic E-state index is 13.5. The zero-order chi connectivity index (χ0) is 13.9. The van der Waals surface area contributed by atoms with Gasteiger partial charge in [0.05, 0.1) is 0 Å². The molecule has 0 fully saturated rings. The molecule has 0 bridgehead atoms. The fraction of sp³-hybridized carbons (Fsp3) is 0.154. The summed E-state index contributed by atoms with van der Waals surface area (Å²) in [6.07, 6.45) is 1.26. The predicted octanol–water partition coefficient (Wildman–Crippen LogP) is 2.04. The number of benzene rings is 1. The average Bonchev–Trinajstić information content (AvgIpc) is 2.40. The van der Waals surface area contributed by atoms with Gasteiger partial charge in [-0.2, -0.15) is 4.31 Å². The van der Waals surface area contributed by atoms with E-state index in [9.17, 15) is 12.8 Å². The zero-order valence-corrected chi connectivity index (χ0v) is 11.1. The SMILES string of the molecule is CN(Cc1ccccc1)S(=O)(=O)c1ncccc1F. The van der Waals surface area contributed by atoms with E-state index in [2.05, 4.69) is 4.98 Å². The first-order chi connectivity index (χ1) is 9.01. The highest BCUT2D eigenvalue weighted by atomic mass is 32.2. The summed E-state index contributed by atoms with van der Waals surface area (Å²) in [6, 6.07) is 11.5. The van der Waals surface area contributed by atoms with Crippen molar-refractivity contribution in [2.45, 2.75) is 11.6 Å². The Kier molecular flexibility index (Phi) is 3.92. The minimum absolute atomic E-state index is 0.166. The number of aromatic nitrogens is 1. The molecule has 0 amide bonds. The maximum atomic E-state index is 13.5. The number of rotatable bonds is 4. The van der Waals surface area contributed by atoms with Crippen LogP contribution in [0.2, 0.25) is 0 Å². The summed E-state index contributed by atoms with van der Waals surface area (Å²) in [5, 5.41) is -0.548. The Labute approximate surface area is 111 Å². The molecule has 2 rings (SSSR count). The van der Waals surface area contributed by atoms with Crippen LogP contribution in [0.25, 0.3) is 0 Å². The van der Waals surface area contributed by atoms with Crippen molar-refractivity contribution in [3.8, 4) is 0 Å². The van der Waals surface area contributed by atoms with Gasteiger partial charge in [-0.3, -0.25) is 0 Å². The molecule has 0 aliphatic heterocycles. The number of nitrogens with zero attached hydrogens (tertiary/aromatic N) is 2. The Hall–Kier alpha value is -1.79. The number of pyridine rings is 1. The van der Waals surface area contributed by atoms with Crippen molar-refractivity contribution in [2.75, 3.05) is 7.05 Å². The van der Waals surface area contributed by atoms with Crippen molar-refractivity contribution >= 4 is 10.0 Å². The van der Waals surface area contributed by atoms with E-state index in [1.807, 2.05) is 18.2 Å². The van der Waals surface area contributed by atoms with Crippen molar-refractivity contribution in [2.24, 2.45) is 0 Å². The lowest BCUT2D eigenvalue weighted by molar-refractivity contribution is 0.454. The highest BCUT2D eigenvalue weighted by molar-refractivity contribution is 7.89. The molecule has 6 heteroatoms. The quantitative estimate of drug-likeness (QED) is 0.861. The van der Waals surface area contributed by atoms with E-state index in [0.717, 1.165) is 15.9 Å². The Morgan fingerprint density at radius 2 is 1.84 bits per heavy atom. The van der Waals surface area contributed by atoms with E-state index in [1.54, 1.807) is 12.1 Å². The van der Waals surface area contributed by atoms with Gasteiger partial charge >= 0.3 is 0 Å². The monoisotopic (exact) mass is 280 g/mol. The predicted molar refractivity (Wildman–Crippen MR) is 69.3 cm³/mol. The molecule has 0 N–H and O–H groups in total. The fourth-order valence-corrected chi connectivity index (χ4v) is 2.76. The van der Waals surface area contributed by atoms with Crippen molar-refractivity contribution in [3.63, 3.8) is 0 Å². The molecule has 100 valence electrons. The molecule has 1 heterocycles. The van der Waals surface area contributed by atoms with E-state index < -0.39 is 20.9 Å². The zero-order valence-electron chi connectivity index (χ0n) is 10.3. The van der Waals surface area contributed by atoms with Crippen molar-refractivity contribution in [3.05, 3.63) is 60.0 Å². The second kappa shape index (κ2) is 5.46. The van der Waals surface area contributed by atoms with Gasteiger partial charge < -0.3 is 0 Å². The molecule has 0 aliphatic carbocycles. The van der Waals surface area contributed by atoms with Crippen LogP contribution in [0.1, 0.15) is 5.56 Å². The second-order valence-electron chi connectivity index (χ2n) is 4.04. The molecular formula is C13H13FN2O2S. The van der Waals surface area contributed by atoms with Crippen molar-refractivity contribution in [1.82, 2.24) is 9.29 Å². The van der Waals surface area contributed by atoms with E-state index >= 15 is 0 Å². The Balaban J connectivity index is 2.28. The van der Waals surface area contributed by atoms with Gasteiger partial charge in [-0.1, -0.05) is 30.3 Å². The minimum Gasteiger partial charge on any atom is -0.241 e. The summed E-state index contributed by atoms with van der Waals surface area (Å²) in [5.74, 6) is -0.845. The number of sulfonamides is 1. The van der Waals surface area contributed by atoms with E-state index in [4.69, 9.17) is 0 Å². The largest absolute Gasteiger partial charge is 0.263 e. The third kappa shape index (κ3) is 2.97. The Morgan fingerprint density at radius 3 is 2.47 bits per heavy atom. The summed E-state index contributed by atoms with van der Waals surface area (Å²) in [7, 11) is -2.52. The molecule has 0 saturated carbocycles. The van der Waals surface area contributed by atoms with Gasteiger partial charge in [0.1, 0.15) is 0 Å². The molecule has 0 radical (unpaired) electrons. The normalized spacial score (nSPS) is 11.7. The van der Waals surface area contributed by atoms with Crippen LogP contribution in [0.4, 0.5) is 4.39 Å². The summed E-state index contributed by atoms with van der Waals surface area (Å²) in [5.41, 5.74) is 0.824. The van der Waals surface area contributed by atoms with Gasteiger partial charge in [-0.25, -0.2) is 17.8 Å². The first-order valence-electron chi connectivity index (χ1n) is 5.62. The standard InChI is InChI=1S/C13H13FN2O2S/c1-16(10-11-6-3-2-4-7-11)19(17,18)13-12(14)8-5-9-15-13/h2-9H,10H2,1H3. The first kappa shape index (κ1) is 13.6. The lowest BCUT2D eigenvalue weighted by Crippen LogP contribution is -2.28. The van der Waals surface area contributed by atoms with E-state index in [1.165, 1.54) is 19.3 Å². The average molecular weight is 280 g/mol. The molecule has 19 heavy (non-hydrogen) atoms. The van der Waals surface area contributed by atoms with Crippen molar-refractivity contribution < 1.29 is 12.8 Å². The maximum Gasteiger partial charge on any atom is 0.263 e. The van der Waals surface area contributed by atoms with E-state index in [0.29, 0.717) is 0 Å². The first-order valence-corrected chi connectivity index (χ1v) is 7.06. The number of hydrogen-bond donors (Lipinski definition) is 0. The van der Waals surface area contributed by atoms with Gasteiger partial charge in [0.25, 0.3) is 10.0 Å². The van der Waals surface area contributed by atoms with Gasteiger partial charge in [0.15, 0.2) is 5.82 Å². The van der Waals surface area contributed by atoms with Gasteiger partial charge in [-0.05, 0) is 17.7 Å². The topological polar surface area (TPSA) is 50.3 Å². The molecule has 4 nitrogen and oxygen atoms in total. The molecule has 0 aliphatic rings. The van der Waals surface area contributed by atoms with Gasteiger partial charge in [-0.15, -0.1) is 0 Å². The van der Waals surface area contributed by atoms with Crippen LogP contribution in [-0.2, 0) is 16.6 Å². The summed E-state index contributed by atoms with van der Waals surface area (Å²) in [6.45, 7) is 0.166. The van der Waals surface area contributed by atoms with Gasteiger partial charge in [0.2, 0.25) is 5.03 Å². The van der Waals surface area contributed by atoms with Crippen LogP contribution in [0.15, 0.2) is 53.7 Å². The second-order valence-corrected chi connectivity index (χ2v) is 6.00. The molecule has 0 unspecified atom stereocenters. The molecule has 0 spiro atoms. The third-order valence-electron chi connectivity index (χ3n) is 2.63. The summed E-state index contributed by atoms with van der Waals surface area (Å²) >= 11 is 0. The summed E-state index contributed by atoms with van der Waals surface area (Å²) < 4.78 is 39.0. The smallest absolute Gasteiger partial charge is 0.241 e. The van der Waals surface area contributed by atoms with Crippen LogP contribution >= 0.6 is 0 Å². The van der Waals surface area contributed by atoms with E-state index in [-0.39, 0.29) is 6.54 Å². The highest BCUT2D eigenvalue weighted by Gasteiger charge is 2.25. The molecule has 1 aromatic carbocycles. The van der Waals surface area contributed by atoms with Gasteiger partial charge in [0, 0.05) is 19.8 Å². The third-order valence-corrected chi connectivity index (χ3v) is 4.37. The van der Waals surface area contributed by atoms with Crippen LogP contribution in [0.5, 0.6) is 0 Å². The lowest BCUT2D eigenvalue weighted by atomic mass is 10.2. The van der Waals surface area contributed by atoms with Crippen LogP contribution in [0, 0.1) is 5.82 Å². The molecule has 0 saturated heterocycles. The molecule has 0 atom stereocenters. The van der Waals surface area contributed by atoms with Crippen LogP contribution < -0.4 is 0 Å². The van der Waals surface area contributed by atoms with Crippen molar-refractivity contribution in [1.29, 1.82) is 0 Å². The highest BCUT2D eigenvalue weighted by Crippen LogP contribution is 2.17. The van der Waals surface area contributed by atoms with Crippen LogP contribution in [0.3, 0.4) is 0 Å². The number of halogens is 1. The molecule has 2 aromatic rings. The van der Waals surface area contributed by atoms with Crippen LogP contribution in [-0.4, -0.2) is 24.8 Å². The fourth-order valence-electron chi connectivity index (χ4n) is 1.63. The summed E-state index contributed by atoms with van der Waals surface area (Å²) in [4.78, 5) is 3.61. The molecule has 1 aromatic heterocycles. The number of hydrogen-bond acceptors (Lipinski definition) is 3. The lowest BCUT2D eigenvalue weighted by Gasteiger charge is -2.16. The Morgan fingerprint density at radius 1 is 1.16 bits per heavy atom.